The molecule has 1 N–H and O–H groups in total. The molecule has 0 radical (unpaired) electrons. The molecule has 0 aliphatic heterocycles. The molecule has 2 rings (SSSR count). The van der Waals surface area contributed by atoms with E-state index in [-0.39, 0.29) is 11.6 Å². The van der Waals surface area contributed by atoms with E-state index in [2.05, 4.69) is 15.3 Å². The number of ether oxygens (including phenoxy) is 1. The number of nitrogens with zero attached hydrogens (tertiary/aromatic N) is 2. The van der Waals surface area contributed by atoms with Gasteiger partial charge in [0, 0.05) is 19.4 Å². The Morgan fingerprint density at radius 3 is 2.26 bits per heavy atom. The zero-order valence-electron chi connectivity index (χ0n) is 9.90. The minimum atomic E-state index is -4.36. The van der Waals surface area contributed by atoms with Crippen LogP contribution in [-0.4, -0.2) is 17.0 Å². The van der Waals surface area contributed by atoms with Gasteiger partial charge in [-0.15, -0.1) is 0 Å². The summed E-state index contributed by atoms with van der Waals surface area (Å²) in [7, 11) is 1.64. The van der Waals surface area contributed by atoms with E-state index in [1.54, 1.807) is 7.05 Å². The predicted molar refractivity (Wildman–Crippen MR) is 63.1 cm³/mol. The van der Waals surface area contributed by atoms with Crippen molar-refractivity contribution >= 4 is 5.82 Å². The molecule has 0 unspecified atom stereocenters. The summed E-state index contributed by atoms with van der Waals surface area (Å²) in [4.78, 5) is 7.92. The number of rotatable bonds is 3. The van der Waals surface area contributed by atoms with Gasteiger partial charge in [0.25, 0.3) is 5.88 Å². The van der Waals surface area contributed by atoms with Crippen molar-refractivity contribution in [2.75, 3.05) is 12.4 Å². The lowest BCUT2D eigenvalue weighted by atomic mass is 10.2. The monoisotopic (exact) mass is 269 g/mol. The fourth-order valence-electron chi connectivity index (χ4n) is 1.40. The maximum atomic E-state index is 12.4. The third-order valence-corrected chi connectivity index (χ3v) is 2.30. The first-order chi connectivity index (χ1) is 9.00. The summed E-state index contributed by atoms with van der Waals surface area (Å²) in [5, 5.41) is 2.77. The normalized spacial score (nSPS) is 11.2. The van der Waals surface area contributed by atoms with Crippen molar-refractivity contribution in [3.63, 3.8) is 0 Å². The minimum Gasteiger partial charge on any atom is -0.436 e. The smallest absolute Gasteiger partial charge is 0.416 e. The average Bonchev–Trinajstić information content (AvgIpc) is 2.39. The van der Waals surface area contributed by atoms with Crippen LogP contribution in [0.5, 0.6) is 11.6 Å². The molecule has 0 aliphatic carbocycles. The first-order valence-corrected chi connectivity index (χ1v) is 5.34. The van der Waals surface area contributed by atoms with Crippen LogP contribution in [0.2, 0.25) is 0 Å². The topological polar surface area (TPSA) is 47.0 Å². The maximum absolute atomic E-state index is 12.4. The SMILES string of the molecule is CNc1nccnc1Oc1ccc(C(F)(F)F)cc1. The average molecular weight is 269 g/mol. The van der Waals surface area contributed by atoms with Gasteiger partial charge in [-0.2, -0.15) is 13.2 Å². The quantitative estimate of drug-likeness (QED) is 0.928. The lowest BCUT2D eigenvalue weighted by molar-refractivity contribution is -0.137. The van der Waals surface area contributed by atoms with Gasteiger partial charge >= 0.3 is 6.18 Å². The molecule has 4 nitrogen and oxygen atoms in total. The summed E-state index contributed by atoms with van der Waals surface area (Å²) in [6, 6.07) is 4.36. The molecule has 0 fully saturated rings. The Kier molecular flexibility index (Phi) is 3.55. The van der Waals surface area contributed by atoms with Crippen LogP contribution in [0.1, 0.15) is 5.56 Å². The summed E-state index contributed by atoms with van der Waals surface area (Å²) in [6.45, 7) is 0. The highest BCUT2D eigenvalue weighted by Crippen LogP contribution is 2.31. The number of benzene rings is 1. The van der Waals surface area contributed by atoms with E-state index in [9.17, 15) is 13.2 Å². The Morgan fingerprint density at radius 2 is 1.68 bits per heavy atom. The summed E-state index contributed by atoms with van der Waals surface area (Å²) >= 11 is 0. The Hall–Kier alpha value is -2.31. The molecule has 0 spiro atoms. The summed E-state index contributed by atoms with van der Waals surface area (Å²) in [5.41, 5.74) is -0.729. The molecule has 0 atom stereocenters. The van der Waals surface area contributed by atoms with Gasteiger partial charge in [0.2, 0.25) is 0 Å². The maximum Gasteiger partial charge on any atom is 0.416 e. The molecule has 2 aromatic rings. The number of alkyl halides is 3. The first kappa shape index (κ1) is 13.1. The third-order valence-electron chi connectivity index (χ3n) is 2.30. The van der Waals surface area contributed by atoms with E-state index in [1.807, 2.05) is 0 Å². The highest BCUT2D eigenvalue weighted by atomic mass is 19.4. The van der Waals surface area contributed by atoms with E-state index in [4.69, 9.17) is 4.74 Å². The van der Waals surface area contributed by atoms with E-state index in [0.717, 1.165) is 12.1 Å². The summed E-state index contributed by atoms with van der Waals surface area (Å²) in [5.74, 6) is 0.858. The first-order valence-electron chi connectivity index (χ1n) is 5.34. The lowest BCUT2D eigenvalue weighted by Crippen LogP contribution is -2.04. The molecule has 0 aliphatic rings. The highest BCUT2D eigenvalue weighted by Gasteiger charge is 2.30. The number of aromatic nitrogens is 2. The molecule has 19 heavy (non-hydrogen) atoms. The number of nitrogens with one attached hydrogen (secondary N) is 1. The summed E-state index contributed by atoms with van der Waals surface area (Å²) < 4.78 is 42.5. The Bertz CT molecular complexity index is 555. The minimum absolute atomic E-state index is 0.199. The van der Waals surface area contributed by atoms with Gasteiger partial charge < -0.3 is 10.1 Å². The van der Waals surface area contributed by atoms with Crippen LogP contribution < -0.4 is 10.1 Å². The van der Waals surface area contributed by atoms with Gasteiger partial charge in [0.1, 0.15) is 5.75 Å². The van der Waals surface area contributed by atoms with Crippen LogP contribution >= 0.6 is 0 Å². The van der Waals surface area contributed by atoms with Crippen LogP contribution in [0.3, 0.4) is 0 Å². The Balaban J connectivity index is 2.20. The van der Waals surface area contributed by atoms with Crippen molar-refractivity contribution in [3.8, 4) is 11.6 Å². The molecule has 7 heteroatoms. The van der Waals surface area contributed by atoms with Crippen LogP contribution in [0.25, 0.3) is 0 Å². The number of hydrogen-bond donors (Lipinski definition) is 1. The molecule has 0 amide bonds. The van der Waals surface area contributed by atoms with Gasteiger partial charge in [0.05, 0.1) is 5.56 Å². The van der Waals surface area contributed by atoms with Gasteiger partial charge in [-0.1, -0.05) is 0 Å². The second kappa shape index (κ2) is 5.13. The van der Waals surface area contributed by atoms with Crippen LogP contribution in [0.15, 0.2) is 36.7 Å². The predicted octanol–water partition coefficient (Wildman–Crippen LogP) is 3.33. The third kappa shape index (κ3) is 3.12. The van der Waals surface area contributed by atoms with Crippen molar-refractivity contribution in [1.82, 2.24) is 9.97 Å². The molecular weight excluding hydrogens is 259 g/mol. The molecule has 0 saturated carbocycles. The van der Waals surface area contributed by atoms with E-state index in [1.165, 1.54) is 24.5 Å². The molecule has 0 saturated heterocycles. The summed E-state index contributed by atoms with van der Waals surface area (Å²) in [6.07, 6.45) is -1.45. The van der Waals surface area contributed by atoms with Crippen molar-refractivity contribution in [2.24, 2.45) is 0 Å². The zero-order chi connectivity index (χ0) is 13.9. The van der Waals surface area contributed by atoms with Crippen molar-refractivity contribution in [3.05, 3.63) is 42.2 Å². The molecule has 1 aromatic carbocycles. The van der Waals surface area contributed by atoms with Gasteiger partial charge in [-0.05, 0) is 24.3 Å². The van der Waals surface area contributed by atoms with Crippen molar-refractivity contribution in [1.29, 1.82) is 0 Å². The second-order valence-corrected chi connectivity index (χ2v) is 3.58. The largest absolute Gasteiger partial charge is 0.436 e. The van der Waals surface area contributed by atoms with Crippen molar-refractivity contribution < 1.29 is 17.9 Å². The highest BCUT2D eigenvalue weighted by molar-refractivity contribution is 5.46. The Labute approximate surface area is 107 Å². The molecule has 0 bridgehead atoms. The zero-order valence-corrected chi connectivity index (χ0v) is 9.90. The standard InChI is InChI=1S/C12H10F3N3O/c1-16-10-11(18-7-6-17-10)19-9-4-2-8(3-5-9)12(13,14)15/h2-7H,1H3,(H,16,17). The second-order valence-electron chi connectivity index (χ2n) is 3.58. The number of anilines is 1. The van der Waals surface area contributed by atoms with Crippen molar-refractivity contribution in [2.45, 2.75) is 6.18 Å². The van der Waals surface area contributed by atoms with E-state index >= 15 is 0 Å². The number of halogens is 3. The fraction of sp³-hybridized carbons (Fsp3) is 0.167. The van der Waals surface area contributed by atoms with E-state index < -0.39 is 11.7 Å². The molecule has 1 heterocycles. The van der Waals surface area contributed by atoms with Gasteiger partial charge in [-0.3, -0.25) is 0 Å². The molecular formula is C12H10F3N3O. The molecule has 1 aromatic heterocycles. The lowest BCUT2D eigenvalue weighted by Gasteiger charge is -2.10. The van der Waals surface area contributed by atoms with Crippen LogP contribution in [0, 0.1) is 0 Å². The Morgan fingerprint density at radius 1 is 1.05 bits per heavy atom. The van der Waals surface area contributed by atoms with Gasteiger partial charge in [-0.25, -0.2) is 9.97 Å². The fourth-order valence-corrected chi connectivity index (χ4v) is 1.40. The van der Waals surface area contributed by atoms with E-state index in [0.29, 0.717) is 5.82 Å². The van der Waals surface area contributed by atoms with Gasteiger partial charge in [0.15, 0.2) is 5.82 Å². The van der Waals surface area contributed by atoms with Crippen LogP contribution in [0.4, 0.5) is 19.0 Å². The number of hydrogen-bond acceptors (Lipinski definition) is 4. The molecule has 100 valence electrons. The van der Waals surface area contributed by atoms with Crippen LogP contribution in [-0.2, 0) is 6.18 Å².